The highest BCUT2D eigenvalue weighted by molar-refractivity contribution is 7.99. The molecule has 9 heteroatoms. The van der Waals surface area contributed by atoms with Crippen molar-refractivity contribution >= 4 is 43.3 Å². The summed E-state index contributed by atoms with van der Waals surface area (Å²) >= 11 is 14.1. The van der Waals surface area contributed by atoms with Crippen LogP contribution in [0, 0.1) is 0 Å². The smallest absolute Gasteiger partial charge is 0.447 e. The van der Waals surface area contributed by atoms with Gasteiger partial charge in [-0.25, -0.2) is 0 Å². The quantitative estimate of drug-likeness (QED) is 0.0967. The molecule has 0 bridgehead atoms. The van der Waals surface area contributed by atoms with Crippen molar-refractivity contribution in [3.8, 4) is 5.75 Å². The summed E-state index contributed by atoms with van der Waals surface area (Å²) in [4.78, 5) is 0. The third-order valence-electron chi connectivity index (χ3n) is 7.72. The van der Waals surface area contributed by atoms with Crippen LogP contribution in [0.1, 0.15) is 56.2 Å². The molecule has 3 rings (SSSR count). The normalized spacial score (nSPS) is 13.0. The Hall–Kier alpha value is -2.06. The Balaban J connectivity index is 1.44. The van der Waals surface area contributed by atoms with E-state index >= 15 is 0 Å². The van der Waals surface area contributed by atoms with Crippen molar-refractivity contribution in [1.82, 2.24) is 0 Å². The van der Waals surface area contributed by atoms with Crippen LogP contribution >= 0.6 is 35.0 Å². The predicted octanol–water partition coefficient (Wildman–Crippen LogP) is 11.7. The minimum atomic E-state index is -4.52. The number of halogens is 5. The Morgan fingerprint density at radius 3 is 1.86 bits per heavy atom. The first-order chi connectivity index (χ1) is 20.2. The highest BCUT2D eigenvalue weighted by Gasteiger charge is 2.45. The number of benzene rings is 3. The summed E-state index contributed by atoms with van der Waals surface area (Å²) in [5.41, 5.74) is 3.23. The average Bonchev–Trinajstić information content (AvgIpc) is 2.93. The van der Waals surface area contributed by atoms with Gasteiger partial charge in [0.25, 0.3) is 0 Å². The fourth-order valence-electron chi connectivity index (χ4n) is 4.20. The van der Waals surface area contributed by atoms with Gasteiger partial charge in [-0.15, -0.1) is 0 Å². The first-order valence-electron chi connectivity index (χ1n) is 14.4. The van der Waals surface area contributed by atoms with Gasteiger partial charge in [0, 0.05) is 21.7 Å². The summed E-state index contributed by atoms with van der Waals surface area (Å²) < 4.78 is 52.5. The van der Waals surface area contributed by atoms with Crippen molar-refractivity contribution in [1.29, 1.82) is 0 Å². The van der Waals surface area contributed by atoms with Gasteiger partial charge in [0.2, 0.25) is 8.32 Å². The predicted molar refractivity (Wildman–Crippen MR) is 179 cm³/mol. The number of ether oxygens (including phenoxy) is 1. The minimum Gasteiger partial charge on any atom is -0.540 e. The molecule has 234 valence electrons. The Kier molecular flexibility index (Phi) is 13.0. The Morgan fingerprint density at radius 1 is 0.837 bits per heavy atom. The van der Waals surface area contributed by atoms with Crippen LogP contribution in [0.5, 0.6) is 5.75 Å². The number of thioether (sulfide) groups is 1. The van der Waals surface area contributed by atoms with Crippen LogP contribution in [-0.4, -0.2) is 32.6 Å². The fraction of sp³-hybridized carbons (Fsp3) is 0.412. The second-order valence-corrected chi connectivity index (χ2v) is 18.9. The Morgan fingerprint density at radius 2 is 1.37 bits per heavy atom. The topological polar surface area (TPSA) is 18.5 Å². The summed E-state index contributed by atoms with van der Waals surface area (Å²) in [7, 11) is -2.61. The number of alkyl halides is 3. The van der Waals surface area contributed by atoms with E-state index in [-0.39, 0.29) is 17.4 Å². The molecule has 0 atom stereocenters. The van der Waals surface area contributed by atoms with Crippen molar-refractivity contribution in [2.24, 2.45) is 0 Å². The zero-order chi connectivity index (χ0) is 31.7. The first-order valence-corrected chi connectivity index (χ1v) is 19.2. The van der Waals surface area contributed by atoms with Crippen LogP contribution in [0.25, 0.3) is 0 Å². The molecule has 3 aromatic rings. The highest BCUT2D eigenvalue weighted by atomic mass is 35.5. The van der Waals surface area contributed by atoms with Crippen molar-refractivity contribution in [2.45, 2.75) is 70.3 Å². The van der Waals surface area contributed by atoms with Crippen molar-refractivity contribution in [3.05, 3.63) is 111 Å². The first kappa shape index (κ1) is 35.4. The molecule has 0 unspecified atom stereocenters. The molecular weight excluding hydrogens is 628 g/mol. The molecule has 43 heavy (non-hydrogen) atoms. The van der Waals surface area contributed by atoms with Gasteiger partial charge in [-0.1, -0.05) is 80.4 Å². The third kappa shape index (κ3) is 11.4. The zero-order valence-corrected chi connectivity index (χ0v) is 28.8. The number of rotatable bonds is 14. The molecule has 3 aromatic carbocycles. The fourth-order valence-corrected chi connectivity index (χ4v) is 6.28. The molecule has 2 nitrogen and oxygen atoms in total. The molecule has 0 aliphatic heterocycles. The van der Waals surface area contributed by atoms with E-state index in [2.05, 4.69) is 24.3 Å². The summed E-state index contributed by atoms with van der Waals surface area (Å²) in [6, 6.07) is 23.3. The number of hydrogen-bond acceptors (Lipinski definition) is 3. The molecule has 0 saturated carbocycles. The zero-order valence-electron chi connectivity index (χ0n) is 25.4. The maximum absolute atomic E-state index is 13.7. The van der Waals surface area contributed by atoms with Gasteiger partial charge in [-0.2, -0.15) is 24.9 Å². The third-order valence-corrected chi connectivity index (χ3v) is 13.6. The maximum Gasteiger partial charge on any atom is 0.447 e. The standard InChI is InChI=1S/C34H41Cl2F3O2SSi/c1-33(2,3)43(4,5)41-32(34(37,38)39)21-10-25-8-19-30(20-9-25)40-22-24-42-23-6-7-31(26-11-15-28(35)16-12-26)27-13-17-29(36)18-14-27/h8-9,11-21,31H,6-7,10,22-24H2,1-5H3. The van der Waals surface area contributed by atoms with Crippen LogP contribution < -0.4 is 4.74 Å². The average molecular weight is 670 g/mol. The molecule has 0 saturated heterocycles. The van der Waals surface area contributed by atoms with E-state index in [1.807, 2.05) is 69.9 Å². The molecule has 0 aliphatic rings. The van der Waals surface area contributed by atoms with E-state index in [9.17, 15) is 13.2 Å². The van der Waals surface area contributed by atoms with E-state index in [1.165, 1.54) is 11.1 Å². The highest BCUT2D eigenvalue weighted by Crippen LogP contribution is 2.41. The van der Waals surface area contributed by atoms with Crippen molar-refractivity contribution in [3.63, 3.8) is 0 Å². The van der Waals surface area contributed by atoms with Gasteiger partial charge in [-0.05, 0) is 102 Å². The van der Waals surface area contributed by atoms with Crippen LogP contribution in [0.15, 0.2) is 84.6 Å². The van der Waals surface area contributed by atoms with Gasteiger partial charge in [0.15, 0.2) is 5.76 Å². The molecule has 0 aromatic heterocycles. The van der Waals surface area contributed by atoms with Gasteiger partial charge < -0.3 is 9.16 Å². The van der Waals surface area contributed by atoms with Crippen LogP contribution in [0.2, 0.25) is 28.2 Å². The van der Waals surface area contributed by atoms with E-state index in [1.54, 1.807) is 24.3 Å². The summed E-state index contributed by atoms with van der Waals surface area (Å²) in [6.45, 7) is 9.95. The van der Waals surface area contributed by atoms with Crippen molar-refractivity contribution < 1.29 is 22.3 Å². The second kappa shape index (κ2) is 15.8. The van der Waals surface area contributed by atoms with Gasteiger partial charge in [0.1, 0.15) is 5.75 Å². The second-order valence-electron chi connectivity index (χ2n) is 12.0. The minimum absolute atomic E-state index is 0.132. The largest absolute Gasteiger partial charge is 0.540 e. The molecule has 0 amide bonds. The van der Waals surface area contributed by atoms with Crippen molar-refractivity contribution in [2.75, 3.05) is 18.1 Å². The summed E-state index contributed by atoms with van der Waals surface area (Å²) in [5, 5.41) is 1.12. The van der Waals surface area contributed by atoms with Crippen LogP contribution in [0.4, 0.5) is 13.2 Å². The number of allylic oxidation sites excluding steroid dienone is 2. The van der Waals surface area contributed by atoms with E-state index in [0.717, 1.165) is 46.0 Å². The van der Waals surface area contributed by atoms with E-state index < -0.39 is 20.3 Å². The molecule has 0 aliphatic carbocycles. The lowest BCUT2D eigenvalue weighted by atomic mass is 9.88. The van der Waals surface area contributed by atoms with Crippen LogP contribution in [0.3, 0.4) is 0 Å². The van der Waals surface area contributed by atoms with Gasteiger partial charge >= 0.3 is 6.18 Å². The van der Waals surface area contributed by atoms with Gasteiger partial charge in [0.05, 0.1) is 6.61 Å². The van der Waals surface area contributed by atoms with E-state index in [0.29, 0.717) is 12.4 Å². The molecule has 0 heterocycles. The maximum atomic E-state index is 13.7. The lowest BCUT2D eigenvalue weighted by Crippen LogP contribution is -2.42. The Bertz CT molecular complexity index is 1260. The molecule has 0 fully saturated rings. The SMILES string of the molecule is CC(C)(C)[Si](C)(C)OC(=CCc1ccc(OCCSCCCC(c2ccc(Cl)cc2)c2ccc(Cl)cc2)cc1)C(F)(F)F. The molecule has 0 radical (unpaired) electrons. The van der Waals surface area contributed by atoms with Crippen LogP contribution in [-0.2, 0) is 10.8 Å². The van der Waals surface area contributed by atoms with Gasteiger partial charge in [-0.3, -0.25) is 0 Å². The number of hydrogen-bond donors (Lipinski definition) is 0. The monoisotopic (exact) mass is 668 g/mol. The Labute approximate surface area is 270 Å². The lowest BCUT2D eigenvalue weighted by molar-refractivity contribution is -0.118. The lowest BCUT2D eigenvalue weighted by Gasteiger charge is -2.37. The molecule has 0 N–H and O–H groups in total. The summed E-state index contributed by atoms with van der Waals surface area (Å²) in [6.07, 6.45) is -1.20. The van der Waals surface area contributed by atoms with E-state index in [4.69, 9.17) is 32.4 Å². The molecular formula is C34H41Cl2F3O2SSi. The summed E-state index contributed by atoms with van der Waals surface area (Å²) in [5.74, 6) is 1.92. The molecule has 0 spiro atoms.